The summed E-state index contributed by atoms with van der Waals surface area (Å²) in [4.78, 5) is 13.1. The Hall–Kier alpha value is -3.90. The van der Waals surface area contributed by atoms with Gasteiger partial charge in [-0.25, -0.2) is 8.42 Å². The quantitative estimate of drug-likeness (QED) is 0.315. The van der Waals surface area contributed by atoms with Gasteiger partial charge in [-0.2, -0.15) is 0 Å². The van der Waals surface area contributed by atoms with Crippen LogP contribution in [0.5, 0.6) is 0 Å². The monoisotopic (exact) mass is 498 g/mol. The van der Waals surface area contributed by atoms with Gasteiger partial charge in [0.1, 0.15) is 0 Å². The van der Waals surface area contributed by atoms with Crippen LogP contribution in [0.25, 0.3) is 0 Å². The van der Waals surface area contributed by atoms with Crippen LogP contribution >= 0.6 is 0 Å². The highest BCUT2D eigenvalue weighted by molar-refractivity contribution is 7.92. The summed E-state index contributed by atoms with van der Waals surface area (Å²) in [5.74, 6) is -0.175. The third kappa shape index (κ3) is 5.66. The summed E-state index contributed by atoms with van der Waals surface area (Å²) in [6, 6.07) is 30.5. The van der Waals surface area contributed by atoms with E-state index < -0.39 is 10.0 Å². The van der Waals surface area contributed by atoms with Gasteiger partial charge in [0, 0.05) is 5.56 Å². The van der Waals surface area contributed by atoms with Gasteiger partial charge in [-0.3, -0.25) is 9.10 Å². The molecule has 0 aliphatic rings. The van der Waals surface area contributed by atoms with E-state index in [0.717, 1.165) is 16.7 Å². The lowest BCUT2D eigenvalue weighted by Gasteiger charge is -2.25. The van der Waals surface area contributed by atoms with Crippen LogP contribution in [0.3, 0.4) is 0 Å². The fourth-order valence-corrected chi connectivity index (χ4v) is 5.70. The van der Waals surface area contributed by atoms with Crippen LogP contribution < -0.4 is 9.62 Å². The van der Waals surface area contributed by atoms with Gasteiger partial charge in [-0.05, 0) is 73.9 Å². The minimum atomic E-state index is -3.78. The highest BCUT2D eigenvalue weighted by atomic mass is 32.2. The number of hydrogen-bond acceptors (Lipinski definition) is 3. The number of nitrogens with zero attached hydrogens (tertiary/aromatic N) is 1. The van der Waals surface area contributed by atoms with E-state index in [9.17, 15) is 13.2 Å². The molecule has 0 radical (unpaired) electrons. The van der Waals surface area contributed by atoms with Crippen molar-refractivity contribution < 1.29 is 13.2 Å². The van der Waals surface area contributed by atoms with Crippen LogP contribution in [0.1, 0.15) is 45.6 Å². The summed E-state index contributed by atoms with van der Waals surface area (Å²) in [6.45, 7) is 6.20. The Morgan fingerprint density at radius 3 is 2.06 bits per heavy atom. The fraction of sp³-hybridized carbons (Fsp3) is 0.167. The maximum atomic E-state index is 13.5. The number of para-hydroxylation sites is 1. The van der Waals surface area contributed by atoms with Gasteiger partial charge < -0.3 is 5.32 Å². The largest absolute Gasteiger partial charge is 0.346 e. The molecule has 0 fully saturated rings. The van der Waals surface area contributed by atoms with Gasteiger partial charge in [0.05, 0.1) is 23.2 Å². The lowest BCUT2D eigenvalue weighted by Crippen LogP contribution is -2.30. The lowest BCUT2D eigenvalue weighted by atomic mass is 10.00. The maximum absolute atomic E-state index is 13.5. The maximum Gasteiger partial charge on any atom is 0.264 e. The van der Waals surface area contributed by atoms with Crippen molar-refractivity contribution in [2.75, 3.05) is 4.31 Å². The number of aryl methyl sites for hydroxylation is 2. The van der Waals surface area contributed by atoms with Crippen molar-refractivity contribution in [1.82, 2.24) is 5.32 Å². The van der Waals surface area contributed by atoms with E-state index in [-0.39, 0.29) is 23.4 Å². The molecule has 5 nitrogen and oxygen atoms in total. The highest BCUT2D eigenvalue weighted by Gasteiger charge is 2.25. The zero-order valence-corrected chi connectivity index (χ0v) is 21.5. The number of carbonyl (C=O) groups is 1. The Bertz CT molecular complexity index is 1440. The number of hydrogen-bond donors (Lipinski definition) is 1. The molecule has 36 heavy (non-hydrogen) atoms. The minimum absolute atomic E-state index is 0.137. The molecule has 4 aromatic rings. The van der Waals surface area contributed by atoms with E-state index in [1.165, 1.54) is 9.87 Å². The average molecular weight is 499 g/mol. The van der Waals surface area contributed by atoms with Crippen molar-refractivity contribution in [3.8, 4) is 0 Å². The Morgan fingerprint density at radius 2 is 1.44 bits per heavy atom. The van der Waals surface area contributed by atoms with Crippen molar-refractivity contribution in [2.45, 2.75) is 38.3 Å². The van der Waals surface area contributed by atoms with Crippen LogP contribution in [0, 0.1) is 13.8 Å². The first-order valence-corrected chi connectivity index (χ1v) is 13.3. The summed E-state index contributed by atoms with van der Waals surface area (Å²) in [5, 5.41) is 3.06. The lowest BCUT2D eigenvalue weighted by molar-refractivity contribution is 0.0940. The Morgan fingerprint density at radius 1 is 0.833 bits per heavy atom. The number of amides is 1. The first kappa shape index (κ1) is 25.2. The molecule has 6 heteroatoms. The molecule has 1 atom stereocenters. The van der Waals surface area contributed by atoms with Gasteiger partial charge in [-0.1, -0.05) is 72.3 Å². The molecule has 4 rings (SSSR count). The summed E-state index contributed by atoms with van der Waals surface area (Å²) < 4.78 is 28.3. The normalized spacial score (nSPS) is 12.1. The molecule has 0 saturated carbocycles. The molecule has 1 amide bonds. The predicted octanol–water partition coefficient (Wildman–Crippen LogP) is 6.19. The SMILES string of the molecule is Cc1ccc([C@H](C)NC(=O)c2ccc(CN(c3ccccc3)S(=O)(=O)c3ccccc3)cc2)c(C)c1. The predicted molar refractivity (Wildman–Crippen MR) is 144 cm³/mol. The Balaban J connectivity index is 1.53. The van der Waals surface area contributed by atoms with Gasteiger partial charge in [0.15, 0.2) is 0 Å². The number of nitrogens with one attached hydrogen (secondary N) is 1. The molecular weight excluding hydrogens is 468 g/mol. The molecule has 0 aliphatic heterocycles. The topological polar surface area (TPSA) is 66.5 Å². The second-order valence-electron chi connectivity index (χ2n) is 8.91. The minimum Gasteiger partial charge on any atom is -0.346 e. The third-order valence-corrected chi connectivity index (χ3v) is 7.95. The molecule has 184 valence electrons. The van der Waals surface area contributed by atoms with Crippen LogP contribution in [0.2, 0.25) is 0 Å². The summed E-state index contributed by atoms with van der Waals surface area (Å²) in [5.41, 5.74) is 5.27. The van der Waals surface area contributed by atoms with E-state index in [4.69, 9.17) is 0 Å². The van der Waals surface area contributed by atoms with Crippen LogP contribution in [0.15, 0.2) is 108 Å². The van der Waals surface area contributed by atoms with Crippen molar-refractivity contribution in [3.63, 3.8) is 0 Å². The number of carbonyl (C=O) groups excluding carboxylic acids is 1. The zero-order valence-electron chi connectivity index (χ0n) is 20.7. The van der Waals surface area contributed by atoms with E-state index in [1.54, 1.807) is 66.7 Å². The molecule has 4 aromatic carbocycles. The van der Waals surface area contributed by atoms with Gasteiger partial charge in [0.25, 0.3) is 15.9 Å². The van der Waals surface area contributed by atoms with E-state index in [1.807, 2.05) is 51.1 Å². The zero-order chi connectivity index (χ0) is 25.7. The average Bonchev–Trinajstić information content (AvgIpc) is 2.88. The standard InChI is InChI=1S/C30H30N2O3S/c1-22-14-19-29(23(2)20-22)24(3)31-30(33)26-17-15-25(16-18-26)21-32(27-10-6-4-7-11-27)36(34,35)28-12-8-5-9-13-28/h4-20,24H,21H2,1-3H3,(H,31,33)/t24-/m0/s1. The molecule has 0 unspecified atom stereocenters. The van der Waals surface area contributed by atoms with E-state index in [2.05, 4.69) is 11.4 Å². The molecule has 0 saturated heterocycles. The van der Waals surface area contributed by atoms with Gasteiger partial charge in [0.2, 0.25) is 0 Å². The molecule has 0 aliphatic carbocycles. The second kappa shape index (κ2) is 10.8. The van der Waals surface area contributed by atoms with Crippen LogP contribution in [0.4, 0.5) is 5.69 Å². The fourth-order valence-electron chi connectivity index (χ4n) is 4.23. The van der Waals surface area contributed by atoms with Crippen LogP contribution in [-0.4, -0.2) is 14.3 Å². The van der Waals surface area contributed by atoms with Gasteiger partial charge >= 0.3 is 0 Å². The summed E-state index contributed by atoms with van der Waals surface area (Å²) in [7, 11) is -3.78. The van der Waals surface area contributed by atoms with E-state index >= 15 is 0 Å². The van der Waals surface area contributed by atoms with Gasteiger partial charge in [-0.15, -0.1) is 0 Å². The molecule has 0 aromatic heterocycles. The molecular formula is C30H30N2O3S. The highest BCUT2D eigenvalue weighted by Crippen LogP contribution is 2.26. The van der Waals surface area contributed by atoms with Crippen LogP contribution in [-0.2, 0) is 16.6 Å². The first-order valence-electron chi connectivity index (χ1n) is 11.9. The molecule has 0 bridgehead atoms. The van der Waals surface area contributed by atoms with Crippen molar-refractivity contribution in [2.24, 2.45) is 0 Å². The second-order valence-corrected chi connectivity index (χ2v) is 10.8. The van der Waals surface area contributed by atoms with Crippen molar-refractivity contribution in [1.29, 1.82) is 0 Å². The molecule has 1 N–H and O–H groups in total. The number of sulfonamides is 1. The van der Waals surface area contributed by atoms with Crippen molar-refractivity contribution >= 4 is 21.6 Å². The molecule has 0 spiro atoms. The van der Waals surface area contributed by atoms with Crippen molar-refractivity contribution in [3.05, 3.63) is 131 Å². The number of rotatable bonds is 8. The first-order chi connectivity index (χ1) is 17.3. The number of benzene rings is 4. The smallest absolute Gasteiger partial charge is 0.264 e. The number of anilines is 1. The Kier molecular flexibility index (Phi) is 7.55. The summed E-state index contributed by atoms with van der Waals surface area (Å²) in [6.07, 6.45) is 0. The third-order valence-electron chi connectivity index (χ3n) is 6.16. The summed E-state index contributed by atoms with van der Waals surface area (Å²) >= 11 is 0. The van der Waals surface area contributed by atoms with E-state index in [0.29, 0.717) is 11.3 Å². The Labute approximate surface area is 213 Å². The molecule has 0 heterocycles.